The highest BCUT2D eigenvalue weighted by molar-refractivity contribution is 7.80. The molecular weight excluding hydrogens is 260 g/mol. The first-order chi connectivity index (χ1) is 8.65. The van der Waals surface area contributed by atoms with Gasteiger partial charge in [0, 0.05) is 10.6 Å². The number of nitrogens with one attached hydrogen (secondary N) is 2. The zero-order chi connectivity index (χ0) is 13.0. The summed E-state index contributed by atoms with van der Waals surface area (Å²) in [4.78, 5) is 1.28. The molecule has 0 fully saturated rings. The van der Waals surface area contributed by atoms with E-state index in [1.807, 2.05) is 12.1 Å². The molecule has 1 aromatic heterocycles. The van der Waals surface area contributed by atoms with Crippen LogP contribution in [-0.4, -0.2) is 5.11 Å². The van der Waals surface area contributed by atoms with Crippen LogP contribution in [0.4, 0.5) is 5.69 Å². The fraction of sp³-hybridized carbons (Fsp3) is 0.214. The molecule has 0 amide bonds. The topological polar surface area (TPSA) is 24.1 Å². The van der Waals surface area contributed by atoms with Gasteiger partial charge in [-0.1, -0.05) is 23.8 Å². The maximum atomic E-state index is 5.30. The SMILES string of the molecule is Cc1ccc(NC(=S)N[C@@H](C)c2cccs2)cc1. The third kappa shape index (κ3) is 3.55. The third-order valence-electron chi connectivity index (χ3n) is 2.63. The molecule has 1 heterocycles. The number of thiophene rings is 1. The lowest BCUT2D eigenvalue weighted by Gasteiger charge is -2.15. The van der Waals surface area contributed by atoms with Crippen LogP contribution in [0.3, 0.4) is 0 Å². The summed E-state index contributed by atoms with van der Waals surface area (Å²) in [6.45, 7) is 4.17. The maximum Gasteiger partial charge on any atom is 0.171 e. The summed E-state index contributed by atoms with van der Waals surface area (Å²) in [7, 11) is 0. The van der Waals surface area contributed by atoms with E-state index in [0.717, 1.165) is 5.69 Å². The molecule has 2 rings (SSSR count). The quantitative estimate of drug-likeness (QED) is 0.825. The highest BCUT2D eigenvalue weighted by Gasteiger charge is 2.07. The van der Waals surface area contributed by atoms with Gasteiger partial charge < -0.3 is 10.6 Å². The molecule has 0 bridgehead atoms. The van der Waals surface area contributed by atoms with Crippen molar-refractivity contribution in [3.63, 3.8) is 0 Å². The van der Waals surface area contributed by atoms with Crippen molar-refractivity contribution in [1.29, 1.82) is 0 Å². The predicted octanol–water partition coefficient (Wildman–Crippen LogP) is 4.10. The van der Waals surface area contributed by atoms with Gasteiger partial charge in [0.25, 0.3) is 0 Å². The van der Waals surface area contributed by atoms with Gasteiger partial charge in [0.2, 0.25) is 0 Å². The molecule has 0 aliphatic rings. The minimum absolute atomic E-state index is 0.232. The molecule has 2 nitrogen and oxygen atoms in total. The fourth-order valence-corrected chi connectivity index (χ4v) is 2.64. The van der Waals surface area contributed by atoms with Crippen LogP contribution in [0.25, 0.3) is 0 Å². The number of anilines is 1. The highest BCUT2D eigenvalue weighted by Crippen LogP contribution is 2.18. The molecule has 2 N–H and O–H groups in total. The number of rotatable bonds is 3. The van der Waals surface area contributed by atoms with Gasteiger partial charge in [-0.3, -0.25) is 0 Å². The molecule has 0 radical (unpaired) electrons. The molecular formula is C14H16N2S2. The summed E-state index contributed by atoms with van der Waals surface area (Å²) in [5.74, 6) is 0. The van der Waals surface area contributed by atoms with Crippen LogP contribution < -0.4 is 10.6 Å². The van der Waals surface area contributed by atoms with Crippen LogP contribution in [0.15, 0.2) is 41.8 Å². The fourth-order valence-electron chi connectivity index (χ4n) is 1.61. The third-order valence-corrected chi connectivity index (χ3v) is 3.90. The van der Waals surface area contributed by atoms with Gasteiger partial charge in [-0.2, -0.15) is 0 Å². The minimum Gasteiger partial charge on any atom is -0.355 e. The average molecular weight is 276 g/mol. The Morgan fingerprint density at radius 1 is 1.22 bits per heavy atom. The molecule has 2 aromatic rings. The van der Waals surface area contributed by atoms with Crippen LogP contribution in [0, 0.1) is 6.92 Å². The summed E-state index contributed by atoms with van der Waals surface area (Å²) in [5, 5.41) is 9.19. The zero-order valence-electron chi connectivity index (χ0n) is 10.4. The van der Waals surface area contributed by atoms with Crippen molar-refractivity contribution in [2.45, 2.75) is 19.9 Å². The standard InChI is InChI=1S/C14H16N2S2/c1-10-5-7-12(8-6-10)16-14(17)15-11(2)13-4-3-9-18-13/h3-9,11H,1-2H3,(H2,15,16,17)/t11-/m0/s1. The average Bonchev–Trinajstić information content (AvgIpc) is 2.85. The first-order valence-electron chi connectivity index (χ1n) is 5.83. The Morgan fingerprint density at radius 3 is 2.56 bits per heavy atom. The van der Waals surface area contributed by atoms with E-state index in [2.05, 4.69) is 54.1 Å². The monoisotopic (exact) mass is 276 g/mol. The first kappa shape index (κ1) is 13.1. The highest BCUT2D eigenvalue weighted by atomic mass is 32.1. The largest absolute Gasteiger partial charge is 0.355 e. The summed E-state index contributed by atoms with van der Waals surface area (Å²) in [6, 6.07) is 12.6. The van der Waals surface area contributed by atoms with Crippen LogP contribution in [0.1, 0.15) is 23.4 Å². The lowest BCUT2D eigenvalue weighted by atomic mass is 10.2. The molecule has 0 aliphatic carbocycles. The predicted molar refractivity (Wildman–Crippen MR) is 83.3 cm³/mol. The van der Waals surface area contributed by atoms with E-state index in [9.17, 15) is 0 Å². The molecule has 1 aromatic carbocycles. The van der Waals surface area contributed by atoms with E-state index < -0.39 is 0 Å². The minimum atomic E-state index is 0.232. The number of hydrogen-bond acceptors (Lipinski definition) is 2. The van der Waals surface area contributed by atoms with Crippen molar-refractivity contribution in [3.05, 3.63) is 52.2 Å². The van der Waals surface area contributed by atoms with Gasteiger partial charge in [0.05, 0.1) is 6.04 Å². The van der Waals surface area contributed by atoms with Crippen LogP contribution >= 0.6 is 23.6 Å². The van der Waals surface area contributed by atoms with Gasteiger partial charge in [-0.15, -0.1) is 11.3 Å². The summed E-state index contributed by atoms with van der Waals surface area (Å²) >= 11 is 7.03. The Balaban J connectivity index is 1.91. The molecule has 94 valence electrons. The summed E-state index contributed by atoms with van der Waals surface area (Å²) in [6.07, 6.45) is 0. The molecule has 0 spiro atoms. The van der Waals surface area contributed by atoms with Crippen LogP contribution in [-0.2, 0) is 0 Å². The van der Waals surface area contributed by atoms with Crippen LogP contribution in [0.5, 0.6) is 0 Å². The molecule has 18 heavy (non-hydrogen) atoms. The van der Waals surface area contributed by atoms with Gasteiger partial charge >= 0.3 is 0 Å². The molecule has 0 saturated carbocycles. The van der Waals surface area contributed by atoms with Crippen LogP contribution in [0.2, 0.25) is 0 Å². The van der Waals surface area contributed by atoms with Gasteiger partial charge in [-0.25, -0.2) is 0 Å². The molecule has 0 saturated heterocycles. The van der Waals surface area contributed by atoms with E-state index in [-0.39, 0.29) is 6.04 Å². The number of thiocarbonyl (C=S) groups is 1. The summed E-state index contributed by atoms with van der Waals surface area (Å²) in [5.41, 5.74) is 2.25. The lowest BCUT2D eigenvalue weighted by molar-refractivity contribution is 0.737. The molecule has 1 atom stereocenters. The number of hydrogen-bond donors (Lipinski definition) is 2. The van der Waals surface area contributed by atoms with Crippen molar-refractivity contribution in [1.82, 2.24) is 5.32 Å². The normalized spacial score (nSPS) is 11.9. The second-order valence-electron chi connectivity index (χ2n) is 4.20. The Hall–Kier alpha value is -1.39. The second-order valence-corrected chi connectivity index (χ2v) is 5.59. The first-order valence-corrected chi connectivity index (χ1v) is 7.11. The van der Waals surface area contributed by atoms with E-state index in [4.69, 9.17) is 12.2 Å². The van der Waals surface area contributed by atoms with E-state index in [1.165, 1.54) is 10.4 Å². The molecule has 4 heteroatoms. The van der Waals surface area contributed by atoms with Crippen molar-refractivity contribution < 1.29 is 0 Å². The molecule has 0 aliphatic heterocycles. The number of aryl methyl sites for hydroxylation is 1. The van der Waals surface area contributed by atoms with E-state index in [1.54, 1.807) is 11.3 Å². The van der Waals surface area contributed by atoms with E-state index in [0.29, 0.717) is 5.11 Å². The lowest BCUT2D eigenvalue weighted by Crippen LogP contribution is -2.30. The maximum absolute atomic E-state index is 5.30. The van der Waals surface area contributed by atoms with Crippen molar-refractivity contribution in [2.75, 3.05) is 5.32 Å². The van der Waals surface area contributed by atoms with Gasteiger partial charge in [0.15, 0.2) is 5.11 Å². The molecule has 0 unspecified atom stereocenters. The smallest absolute Gasteiger partial charge is 0.171 e. The zero-order valence-corrected chi connectivity index (χ0v) is 12.1. The van der Waals surface area contributed by atoms with Gasteiger partial charge in [0.1, 0.15) is 0 Å². The Morgan fingerprint density at radius 2 is 1.94 bits per heavy atom. The van der Waals surface area contributed by atoms with E-state index >= 15 is 0 Å². The van der Waals surface area contributed by atoms with Gasteiger partial charge in [-0.05, 0) is 49.6 Å². The Bertz CT molecular complexity index is 503. The second kappa shape index (κ2) is 5.98. The van der Waals surface area contributed by atoms with Crippen molar-refractivity contribution in [3.8, 4) is 0 Å². The Kier molecular flexibility index (Phi) is 4.33. The Labute approximate surface area is 117 Å². The summed E-state index contributed by atoms with van der Waals surface area (Å²) < 4.78 is 0. The van der Waals surface area contributed by atoms with Crippen molar-refractivity contribution >= 4 is 34.4 Å². The van der Waals surface area contributed by atoms with Crippen molar-refractivity contribution in [2.24, 2.45) is 0 Å². The number of benzene rings is 1.